The third-order valence-electron chi connectivity index (χ3n) is 2.30. The Morgan fingerprint density at radius 2 is 2.12 bits per heavy atom. The van der Waals surface area contributed by atoms with Crippen LogP contribution in [0.1, 0.15) is 37.0 Å². The molecule has 1 aliphatic rings. The lowest BCUT2D eigenvalue weighted by molar-refractivity contribution is 0.111. The van der Waals surface area contributed by atoms with Gasteiger partial charge in [0.25, 0.3) is 0 Å². The summed E-state index contributed by atoms with van der Waals surface area (Å²) in [6.07, 6.45) is 3.45. The number of benzene rings is 1. The van der Waals surface area contributed by atoms with Gasteiger partial charge in [0.2, 0.25) is 0 Å². The summed E-state index contributed by atoms with van der Waals surface area (Å²) in [6.45, 7) is 3.87. The Morgan fingerprint density at radius 3 is 2.69 bits per heavy atom. The summed E-state index contributed by atoms with van der Waals surface area (Å²) in [4.78, 5) is 10.8. The van der Waals surface area contributed by atoms with Gasteiger partial charge in [-0.1, -0.05) is 0 Å². The molecular weight excluding hydrogens is 204 g/mol. The van der Waals surface area contributed by atoms with E-state index in [1.54, 1.807) is 12.1 Å². The van der Waals surface area contributed by atoms with Crippen LogP contribution in [0.15, 0.2) is 18.2 Å². The average Bonchev–Trinajstić information content (AvgIpc) is 3.01. The van der Waals surface area contributed by atoms with Gasteiger partial charge in [0.1, 0.15) is 11.5 Å². The number of carbonyl (C=O) groups excluding carboxylic acids is 1. The Balaban J connectivity index is 2.18. The van der Waals surface area contributed by atoms with Crippen molar-refractivity contribution in [2.45, 2.75) is 38.9 Å². The Morgan fingerprint density at radius 1 is 1.38 bits per heavy atom. The van der Waals surface area contributed by atoms with Crippen molar-refractivity contribution in [1.82, 2.24) is 0 Å². The van der Waals surface area contributed by atoms with Gasteiger partial charge >= 0.3 is 0 Å². The molecule has 0 radical (unpaired) electrons. The lowest BCUT2D eigenvalue weighted by atomic mass is 10.2. The molecule has 3 nitrogen and oxygen atoms in total. The molecule has 0 bridgehead atoms. The molecule has 0 N–H and O–H groups in total. The molecule has 3 heteroatoms. The predicted molar refractivity (Wildman–Crippen MR) is 61.2 cm³/mol. The standard InChI is InChI=1S/C13H16O3/c1-9(2)15-13-7-12(16-11-5-6-11)4-3-10(13)8-14/h3-4,7-9,11H,5-6H2,1-2H3. The highest BCUT2D eigenvalue weighted by molar-refractivity contribution is 5.79. The zero-order valence-electron chi connectivity index (χ0n) is 9.60. The quantitative estimate of drug-likeness (QED) is 0.716. The summed E-state index contributed by atoms with van der Waals surface area (Å²) < 4.78 is 11.2. The van der Waals surface area contributed by atoms with E-state index in [9.17, 15) is 4.79 Å². The molecule has 1 saturated carbocycles. The van der Waals surface area contributed by atoms with Crippen LogP contribution in [0.4, 0.5) is 0 Å². The Kier molecular flexibility index (Phi) is 3.13. The van der Waals surface area contributed by atoms with Gasteiger partial charge in [0.05, 0.1) is 17.8 Å². The van der Waals surface area contributed by atoms with Crippen LogP contribution in [0.3, 0.4) is 0 Å². The second-order valence-corrected chi connectivity index (χ2v) is 4.30. The van der Waals surface area contributed by atoms with Crippen molar-refractivity contribution < 1.29 is 14.3 Å². The van der Waals surface area contributed by atoms with Crippen LogP contribution in [0.25, 0.3) is 0 Å². The number of hydrogen-bond donors (Lipinski definition) is 0. The lowest BCUT2D eigenvalue weighted by Crippen LogP contribution is -2.08. The summed E-state index contributed by atoms with van der Waals surface area (Å²) >= 11 is 0. The van der Waals surface area contributed by atoms with Crippen LogP contribution in [0.5, 0.6) is 11.5 Å². The molecule has 0 spiro atoms. The molecule has 0 heterocycles. The van der Waals surface area contributed by atoms with Gasteiger partial charge in [-0.25, -0.2) is 0 Å². The fraction of sp³-hybridized carbons (Fsp3) is 0.462. The zero-order valence-corrected chi connectivity index (χ0v) is 9.60. The topological polar surface area (TPSA) is 35.5 Å². The van der Waals surface area contributed by atoms with E-state index < -0.39 is 0 Å². The monoisotopic (exact) mass is 220 g/mol. The zero-order chi connectivity index (χ0) is 11.5. The van der Waals surface area contributed by atoms with E-state index in [0.29, 0.717) is 17.4 Å². The average molecular weight is 220 g/mol. The first-order valence-corrected chi connectivity index (χ1v) is 5.61. The maximum Gasteiger partial charge on any atom is 0.153 e. The maximum absolute atomic E-state index is 10.8. The van der Waals surface area contributed by atoms with Gasteiger partial charge < -0.3 is 9.47 Å². The van der Waals surface area contributed by atoms with E-state index >= 15 is 0 Å². The molecule has 0 aliphatic heterocycles. The normalized spacial score (nSPS) is 14.9. The smallest absolute Gasteiger partial charge is 0.153 e. The molecular formula is C13H16O3. The van der Waals surface area contributed by atoms with Crippen molar-refractivity contribution in [2.75, 3.05) is 0 Å². The minimum Gasteiger partial charge on any atom is -0.490 e. The maximum atomic E-state index is 10.8. The van der Waals surface area contributed by atoms with Crippen molar-refractivity contribution in [3.05, 3.63) is 23.8 Å². The number of hydrogen-bond acceptors (Lipinski definition) is 3. The molecule has 1 aromatic carbocycles. The molecule has 1 fully saturated rings. The first-order chi connectivity index (χ1) is 7.69. The second kappa shape index (κ2) is 4.56. The van der Waals surface area contributed by atoms with E-state index in [4.69, 9.17) is 9.47 Å². The molecule has 0 unspecified atom stereocenters. The highest BCUT2D eigenvalue weighted by atomic mass is 16.5. The highest BCUT2D eigenvalue weighted by Gasteiger charge is 2.23. The van der Waals surface area contributed by atoms with Crippen molar-refractivity contribution in [3.8, 4) is 11.5 Å². The summed E-state index contributed by atoms with van der Waals surface area (Å²) in [6, 6.07) is 5.35. The predicted octanol–water partition coefficient (Wildman–Crippen LogP) is 2.83. The lowest BCUT2D eigenvalue weighted by Gasteiger charge is -2.13. The van der Waals surface area contributed by atoms with Gasteiger partial charge in [0, 0.05) is 6.07 Å². The van der Waals surface area contributed by atoms with E-state index in [1.165, 1.54) is 0 Å². The first kappa shape index (κ1) is 11.0. The summed E-state index contributed by atoms with van der Waals surface area (Å²) in [5.41, 5.74) is 0.567. The van der Waals surface area contributed by atoms with E-state index in [0.717, 1.165) is 24.9 Å². The SMILES string of the molecule is CC(C)Oc1cc(OC2CC2)ccc1C=O. The van der Waals surface area contributed by atoms with Gasteiger partial charge in [-0.05, 0) is 38.8 Å². The van der Waals surface area contributed by atoms with E-state index in [1.807, 2.05) is 19.9 Å². The van der Waals surface area contributed by atoms with Crippen LogP contribution in [0.2, 0.25) is 0 Å². The van der Waals surface area contributed by atoms with Crippen molar-refractivity contribution in [3.63, 3.8) is 0 Å². The van der Waals surface area contributed by atoms with Crippen LogP contribution in [-0.2, 0) is 0 Å². The van der Waals surface area contributed by atoms with Gasteiger partial charge in [-0.15, -0.1) is 0 Å². The summed E-state index contributed by atoms with van der Waals surface area (Å²) in [5, 5.41) is 0. The molecule has 2 rings (SSSR count). The number of rotatable bonds is 5. The molecule has 0 saturated heterocycles. The Hall–Kier alpha value is -1.51. The molecule has 16 heavy (non-hydrogen) atoms. The fourth-order valence-corrected chi connectivity index (χ4v) is 1.42. The number of carbonyl (C=O) groups is 1. The Labute approximate surface area is 95.4 Å². The van der Waals surface area contributed by atoms with Gasteiger partial charge in [-0.2, -0.15) is 0 Å². The van der Waals surface area contributed by atoms with E-state index in [2.05, 4.69) is 0 Å². The van der Waals surface area contributed by atoms with Crippen LogP contribution in [0, 0.1) is 0 Å². The molecule has 1 aromatic rings. The van der Waals surface area contributed by atoms with Crippen molar-refractivity contribution in [2.24, 2.45) is 0 Å². The van der Waals surface area contributed by atoms with Gasteiger partial charge in [0.15, 0.2) is 6.29 Å². The molecule has 86 valence electrons. The Bertz CT molecular complexity index is 381. The summed E-state index contributed by atoms with van der Waals surface area (Å²) in [7, 11) is 0. The van der Waals surface area contributed by atoms with Crippen molar-refractivity contribution in [1.29, 1.82) is 0 Å². The molecule has 0 aromatic heterocycles. The fourth-order valence-electron chi connectivity index (χ4n) is 1.42. The third kappa shape index (κ3) is 2.75. The summed E-state index contributed by atoms with van der Waals surface area (Å²) in [5.74, 6) is 1.38. The molecule has 0 amide bonds. The van der Waals surface area contributed by atoms with Crippen molar-refractivity contribution >= 4 is 6.29 Å². The number of ether oxygens (including phenoxy) is 2. The second-order valence-electron chi connectivity index (χ2n) is 4.30. The minimum atomic E-state index is 0.0508. The van der Waals surface area contributed by atoms with Crippen LogP contribution in [-0.4, -0.2) is 18.5 Å². The minimum absolute atomic E-state index is 0.0508. The highest BCUT2D eigenvalue weighted by Crippen LogP contribution is 2.30. The van der Waals surface area contributed by atoms with Crippen LogP contribution >= 0.6 is 0 Å². The number of aldehydes is 1. The molecule has 1 aliphatic carbocycles. The largest absolute Gasteiger partial charge is 0.490 e. The third-order valence-corrected chi connectivity index (χ3v) is 2.30. The van der Waals surface area contributed by atoms with Gasteiger partial charge in [-0.3, -0.25) is 4.79 Å². The molecule has 0 atom stereocenters. The van der Waals surface area contributed by atoms with E-state index in [-0.39, 0.29) is 6.10 Å². The van der Waals surface area contributed by atoms with Crippen LogP contribution < -0.4 is 9.47 Å². The first-order valence-electron chi connectivity index (χ1n) is 5.61.